The number of rotatable bonds is 11. The molecule has 0 aliphatic rings. The summed E-state index contributed by atoms with van der Waals surface area (Å²) in [6.07, 6.45) is 3.59. The zero-order valence-corrected chi connectivity index (χ0v) is 21.8. The molecule has 0 aromatic heterocycles. The van der Waals surface area contributed by atoms with E-state index in [1.54, 1.807) is 30.3 Å². The number of halogens is 5. The van der Waals surface area contributed by atoms with Crippen molar-refractivity contribution in [3.05, 3.63) is 124 Å². The minimum Gasteiger partial charge on any atom is -0.484 e. The molecule has 0 atom stereocenters. The zero-order valence-electron chi connectivity index (χ0n) is 21.8. The van der Waals surface area contributed by atoms with Crippen LogP contribution in [0.4, 0.5) is 22.0 Å². The topological polar surface area (TPSA) is 9.23 Å². The zero-order chi connectivity index (χ0) is 27.8. The molecule has 4 aromatic rings. The van der Waals surface area contributed by atoms with E-state index >= 15 is 4.39 Å². The predicted molar refractivity (Wildman–Crippen MR) is 146 cm³/mol. The van der Waals surface area contributed by atoms with Crippen molar-refractivity contribution in [2.75, 3.05) is 6.61 Å². The van der Waals surface area contributed by atoms with Crippen molar-refractivity contribution in [1.82, 2.24) is 0 Å². The van der Waals surface area contributed by atoms with Crippen molar-refractivity contribution >= 4 is 10.8 Å². The van der Waals surface area contributed by atoms with Crippen LogP contribution in [0, 0.1) is 11.6 Å². The molecule has 4 rings (SSSR count). The molecule has 0 spiro atoms. The van der Waals surface area contributed by atoms with Crippen molar-refractivity contribution in [2.45, 2.75) is 51.6 Å². The van der Waals surface area contributed by atoms with Crippen LogP contribution >= 0.6 is 0 Å². The molecule has 0 aliphatic heterocycles. The Bertz CT molecular complexity index is 1420. The Morgan fingerprint density at radius 3 is 2.05 bits per heavy atom. The fourth-order valence-electron chi connectivity index (χ4n) is 4.58. The van der Waals surface area contributed by atoms with E-state index < -0.39 is 12.8 Å². The van der Waals surface area contributed by atoms with Gasteiger partial charge < -0.3 is 4.74 Å². The Labute approximate surface area is 225 Å². The van der Waals surface area contributed by atoms with Crippen LogP contribution in [0.1, 0.15) is 41.2 Å². The minimum absolute atomic E-state index is 0.142. The van der Waals surface area contributed by atoms with Crippen LogP contribution in [0.5, 0.6) is 5.75 Å². The van der Waals surface area contributed by atoms with Crippen molar-refractivity contribution in [3.8, 4) is 5.75 Å². The van der Waals surface area contributed by atoms with Crippen LogP contribution in [0.25, 0.3) is 10.8 Å². The summed E-state index contributed by atoms with van der Waals surface area (Å²) < 4.78 is 71.5. The standard InChI is InChI=1S/C33H31F5O/c1-2-3-4-5-24-7-12-26(31(34)21-24)13-8-25-11-19-30-28(20-25)16-15-27(32(30)35)14-6-23-9-17-29(18-10-23)39-22-33(36,37)38/h2-3,7,9-12,15-21H,4-6,8,13-14,22H2,1H3/b3-2+. The van der Waals surface area contributed by atoms with Gasteiger partial charge in [-0.1, -0.05) is 66.7 Å². The Balaban J connectivity index is 1.35. The van der Waals surface area contributed by atoms with E-state index in [1.807, 2.05) is 43.3 Å². The van der Waals surface area contributed by atoms with E-state index in [2.05, 4.69) is 6.08 Å². The van der Waals surface area contributed by atoms with Crippen molar-refractivity contribution in [2.24, 2.45) is 0 Å². The second-order valence-corrected chi connectivity index (χ2v) is 9.68. The minimum atomic E-state index is -4.39. The van der Waals surface area contributed by atoms with Crippen molar-refractivity contribution in [1.29, 1.82) is 0 Å². The number of allylic oxidation sites excluding steroid dienone is 2. The number of fused-ring (bicyclic) bond motifs is 1. The molecule has 39 heavy (non-hydrogen) atoms. The maximum atomic E-state index is 15.3. The molecule has 0 heterocycles. The summed E-state index contributed by atoms with van der Waals surface area (Å²) in [7, 11) is 0. The van der Waals surface area contributed by atoms with Gasteiger partial charge in [0.25, 0.3) is 0 Å². The molecule has 0 saturated heterocycles. The molecule has 0 fully saturated rings. The molecule has 0 N–H and O–H groups in total. The summed E-state index contributed by atoms with van der Waals surface area (Å²) in [5.41, 5.74) is 4.12. The maximum Gasteiger partial charge on any atom is 0.422 e. The van der Waals surface area contributed by atoms with Crippen LogP contribution in [0.3, 0.4) is 0 Å². The fraction of sp³-hybridized carbons (Fsp3) is 0.273. The first-order valence-electron chi connectivity index (χ1n) is 13.1. The van der Waals surface area contributed by atoms with Crippen LogP contribution in [0.15, 0.2) is 84.9 Å². The Kier molecular flexibility index (Phi) is 9.39. The lowest BCUT2D eigenvalue weighted by Crippen LogP contribution is -2.19. The van der Waals surface area contributed by atoms with Gasteiger partial charge in [0.2, 0.25) is 0 Å². The summed E-state index contributed by atoms with van der Waals surface area (Å²) in [5, 5.41) is 1.32. The number of aryl methyl sites for hydroxylation is 5. The molecule has 0 radical (unpaired) electrons. The van der Waals surface area contributed by atoms with Gasteiger partial charge in [0.15, 0.2) is 6.61 Å². The highest BCUT2D eigenvalue weighted by atomic mass is 19.4. The second kappa shape index (κ2) is 12.9. The number of benzene rings is 4. The van der Waals surface area contributed by atoms with Gasteiger partial charge in [-0.3, -0.25) is 0 Å². The number of ether oxygens (including phenoxy) is 1. The number of alkyl halides is 3. The highest BCUT2D eigenvalue weighted by Crippen LogP contribution is 2.25. The fourth-order valence-corrected chi connectivity index (χ4v) is 4.58. The van der Waals surface area contributed by atoms with Gasteiger partial charge in [-0.15, -0.1) is 0 Å². The van der Waals surface area contributed by atoms with E-state index in [-0.39, 0.29) is 17.4 Å². The van der Waals surface area contributed by atoms with Crippen molar-refractivity contribution < 1.29 is 26.7 Å². The Morgan fingerprint density at radius 1 is 0.692 bits per heavy atom. The van der Waals surface area contributed by atoms with Gasteiger partial charge in [-0.05, 0) is 96.9 Å². The first-order chi connectivity index (χ1) is 18.7. The summed E-state index contributed by atoms with van der Waals surface area (Å²) in [5.74, 6) is -0.319. The summed E-state index contributed by atoms with van der Waals surface area (Å²) in [6, 6.07) is 21.1. The first kappa shape index (κ1) is 28.3. The van der Waals surface area contributed by atoms with Crippen LogP contribution in [-0.2, 0) is 32.1 Å². The molecule has 6 heteroatoms. The third-order valence-corrected chi connectivity index (χ3v) is 6.74. The van der Waals surface area contributed by atoms with Gasteiger partial charge in [0.05, 0.1) is 0 Å². The third kappa shape index (κ3) is 8.16. The Morgan fingerprint density at radius 2 is 1.33 bits per heavy atom. The highest BCUT2D eigenvalue weighted by molar-refractivity contribution is 5.84. The molecule has 0 unspecified atom stereocenters. The normalized spacial score (nSPS) is 11.9. The largest absolute Gasteiger partial charge is 0.484 e. The summed E-state index contributed by atoms with van der Waals surface area (Å²) in [6.45, 7) is 0.635. The lowest BCUT2D eigenvalue weighted by molar-refractivity contribution is -0.153. The molecule has 0 amide bonds. The molecule has 204 valence electrons. The van der Waals surface area contributed by atoms with Gasteiger partial charge in [0.1, 0.15) is 17.4 Å². The average molecular weight is 539 g/mol. The Hall–Kier alpha value is -3.67. The molecular weight excluding hydrogens is 507 g/mol. The molecule has 0 bridgehead atoms. The quantitative estimate of drug-likeness (QED) is 0.137. The van der Waals surface area contributed by atoms with Crippen LogP contribution in [-0.4, -0.2) is 12.8 Å². The van der Waals surface area contributed by atoms with E-state index in [0.717, 1.165) is 34.9 Å². The third-order valence-electron chi connectivity index (χ3n) is 6.74. The predicted octanol–water partition coefficient (Wildman–Crippen LogP) is 9.14. The molecule has 1 nitrogen and oxygen atoms in total. The lowest BCUT2D eigenvalue weighted by Gasteiger charge is -2.11. The van der Waals surface area contributed by atoms with E-state index in [9.17, 15) is 17.6 Å². The molecule has 0 saturated carbocycles. The average Bonchev–Trinajstić information content (AvgIpc) is 2.91. The SMILES string of the molecule is C/C=C/CCc1ccc(CCc2ccc3c(F)c(CCc4ccc(OCC(F)(F)F)cc4)ccc3c2)c(F)c1. The second-order valence-electron chi connectivity index (χ2n) is 9.68. The van der Waals surface area contributed by atoms with E-state index in [1.165, 1.54) is 12.1 Å². The maximum absolute atomic E-state index is 15.3. The van der Waals surface area contributed by atoms with Gasteiger partial charge >= 0.3 is 6.18 Å². The van der Waals surface area contributed by atoms with Gasteiger partial charge in [-0.2, -0.15) is 13.2 Å². The number of hydrogen-bond acceptors (Lipinski definition) is 1. The highest BCUT2D eigenvalue weighted by Gasteiger charge is 2.28. The number of hydrogen-bond donors (Lipinski definition) is 0. The van der Waals surface area contributed by atoms with Crippen molar-refractivity contribution in [3.63, 3.8) is 0 Å². The smallest absolute Gasteiger partial charge is 0.422 e. The monoisotopic (exact) mass is 538 g/mol. The summed E-state index contributed by atoms with van der Waals surface area (Å²) in [4.78, 5) is 0. The first-order valence-corrected chi connectivity index (χ1v) is 13.1. The molecule has 0 aliphatic carbocycles. The lowest BCUT2D eigenvalue weighted by atomic mass is 9.97. The molecular formula is C33H31F5O. The van der Waals surface area contributed by atoms with E-state index in [4.69, 9.17) is 4.74 Å². The van der Waals surface area contributed by atoms with E-state index in [0.29, 0.717) is 42.2 Å². The molecule has 4 aromatic carbocycles. The van der Waals surface area contributed by atoms with Crippen LogP contribution in [0.2, 0.25) is 0 Å². The van der Waals surface area contributed by atoms with Gasteiger partial charge in [-0.25, -0.2) is 8.78 Å². The van der Waals surface area contributed by atoms with Gasteiger partial charge in [0, 0.05) is 5.39 Å². The van der Waals surface area contributed by atoms with Crippen LogP contribution < -0.4 is 4.74 Å². The summed E-state index contributed by atoms with van der Waals surface area (Å²) >= 11 is 0.